The number of hydrogen-bond donors (Lipinski definition) is 2. The summed E-state index contributed by atoms with van der Waals surface area (Å²) in [4.78, 5) is 25.4. The van der Waals surface area contributed by atoms with Gasteiger partial charge in [0.05, 0.1) is 6.54 Å². The number of amides is 2. The summed E-state index contributed by atoms with van der Waals surface area (Å²) in [5.41, 5.74) is 4.28. The van der Waals surface area contributed by atoms with Gasteiger partial charge in [0.25, 0.3) is 5.91 Å². The normalized spacial score (nSPS) is 10.0. The van der Waals surface area contributed by atoms with Crippen molar-refractivity contribution in [3.63, 3.8) is 0 Å². The zero-order chi connectivity index (χ0) is 10.3. The van der Waals surface area contributed by atoms with Crippen LogP contribution in [0, 0.1) is 11.3 Å². The van der Waals surface area contributed by atoms with Crippen molar-refractivity contribution >= 4 is 17.5 Å². The zero-order valence-electron chi connectivity index (χ0n) is 6.90. The summed E-state index contributed by atoms with van der Waals surface area (Å²) in [6, 6.07) is 1.49. The molecular weight excluding hydrogens is 176 g/mol. The summed E-state index contributed by atoms with van der Waals surface area (Å²) in [6.07, 6.45) is 0. The molecule has 70 valence electrons. The van der Waals surface area contributed by atoms with Crippen LogP contribution >= 0.6 is 0 Å². The molecule has 0 aliphatic carbocycles. The van der Waals surface area contributed by atoms with Gasteiger partial charge in [-0.3, -0.25) is 9.59 Å². The van der Waals surface area contributed by atoms with E-state index in [-0.39, 0.29) is 6.54 Å². The standard InChI is InChI=1S/C6H8N4O3/c1-13-10-4(2-7)6(12)9-3-5(8)11/h3H2,1H3,(H2,8,11)(H,9,12). The van der Waals surface area contributed by atoms with Crippen molar-refractivity contribution in [2.24, 2.45) is 10.9 Å². The average Bonchev–Trinajstić information content (AvgIpc) is 2.10. The van der Waals surface area contributed by atoms with Crippen molar-refractivity contribution < 1.29 is 14.4 Å². The van der Waals surface area contributed by atoms with Gasteiger partial charge < -0.3 is 15.9 Å². The average molecular weight is 184 g/mol. The number of rotatable bonds is 4. The molecule has 0 bridgehead atoms. The minimum atomic E-state index is -0.803. The molecule has 0 atom stereocenters. The van der Waals surface area contributed by atoms with Gasteiger partial charge in [-0.25, -0.2) is 0 Å². The first-order valence-electron chi connectivity index (χ1n) is 3.19. The monoisotopic (exact) mass is 184 g/mol. The number of nitrogens with one attached hydrogen (secondary N) is 1. The van der Waals surface area contributed by atoms with E-state index in [1.54, 1.807) is 0 Å². The predicted octanol–water partition coefficient (Wildman–Crippen LogP) is -1.89. The molecule has 0 fully saturated rings. The topological polar surface area (TPSA) is 118 Å². The molecule has 0 unspecified atom stereocenters. The lowest BCUT2D eigenvalue weighted by Crippen LogP contribution is -2.37. The van der Waals surface area contributed by atoms with E-state index in [9.17, 15) is 9.59 Å². The first-order chi connectivity index (χ1) is 6.11. The molecule has 2 amide bonds. The molecule has 0 aliphatic rings. The van der Waals surface area contributed by atoms with E-state index >= 15 is 0 Å². The first kappa shape index (κ1) is 10.9. The smallest absolute Gasteiger partial charge is 0.284 e. The van der Waals surface area contributed by atoms with Crippen LogP contribution in [0.2, 0.25) is 0 Å². The van der Waals surface area contributed by atoms with Gasteiger partial charge in [-0.15, -0.1) is 0 Å². The Morgan fingerprint density at radius 1 is 1.69 bits per heavy atom. The Balaban J connectivity index is 4.18. The SMILES string of the molecule is CON=C(C#N)C(=O)NCC(N)=O. The number of primary amides is 1. The molecule has 0 rings (SSSR count). The van der Waals surface area contributed by atoms with E-state index in [1.165, 1.54) is 13.2 Å². The number of hydrogen-bond acceptors (Lipinski definition) is 5. The minimum absolute atomic E-state index is 0.344. The summed E-state index contributed by atoms with van der Waals surface area (Å²) < 4.78 is 0. The van der Waals surface area contributed by atoms with Crippen LogP contribution in [0.15, 0.2) is 5.16 Å². The second-order valence-electron chi connectivity index (χ2n) is 1.88. The number of carbonyl (C=O) groups excluding carboxylic acids is 2. The molecule has 0 radical (unpaired) electrons. The molecule has 0 aliphatic heterocycles. The van der Waals surface area contributed by atoms with Crippen LogP contribution in [0.5, 0.6) is 0 Å². The molecule has 0 aromatic carbocycles. The lowest BCUT2D eigenvalue weighted by molar-refractivity contribution is -0.121. The summed E-state index contributed by atoms with van der Waals surface area (Å²) >= 11 is 0. The molecular formula is C6H8N4O3. The van der Waals surface area contributed by atoms with Crippen molar-refractivity contribution in [3.05, 3.63) is 0 Å². The van der Waals surface area contributed by atoms with Gasteiger partial charge in [0.15, 0.2) is 0 Å². The minimum Gasteiger partial charge on any atom is -0.398 e. The van der Waals surface area contributed by atoms with Crippen LogP contribution in [0.25, 0.3) is 0 Å². The van der Waals surface area contributed by atoms with E-state index in [0.717, 1.165) is 0 Å². The highest BCUT2D eigenvalue weighted by Gasteiger charge is 2.11. The lowest BCUT2D eigenvalue weighted by Gasteiger charge is -1.98. The van der Waals surface area contributed by atoms with Crippen molar-refractivity contribution in [1.29, 1.82) is 5.26 Å². The highest BCUT2D eigenvalue weighted by atomic mass is 16.6. The molecule has 0 heterocycles. The largest absolute Gasteiger partial charge is 0.398 e. The number of oxime groups is 1. The second-order valence-corrected chi connectivity index (χ2v) is 1.88. The maximum absolute atomic E-state index is 10.9. The molecule has 13 heavy (non-hydrogen) atoms. The van der Waals surface area contributed by atoms with Crippen LogP contribution < -0.4 is 11.1 Å². The fourth-order valence-electron chi connectivity index (χ4n) is 0.455. The number of nitrogens with two attached hydrogens (primary N) is 1. The molecule has 0 spiro atoms. The van der Waals surface area contributed by atoms with Crippen molar-refractivity contribution in [1.82, 2.24) is 5.32 Å². The fraction of sp³-hybridized carbons (Fsp3) is 0.333. The number of carbonyl (C=O) groups is 2. The van der Waals surface area contributed by atoms with Crippen LogP contribution in [0.3, 0.4) is 0 Å². The molecule has 0 saturated heterocycles. The maximum Gasteiger partial charge on any atom is 0.284 e. The van der Waals surface area contributed by atoms with E-state index in [0.29, 0.717) is 0 Å². The Kier molecular flexibility index (Phi) is 4.64. The van der Waals surface area contributed by atoms with Crippen molar-refractivity contribution in [3.8, 4) is 6.07 Å². The maximum atomic E-state index is 10.9. The quantitative estimate of drug-likeness (QED) is 0.392. The van der Waals surface area contributed by atoms with Gasteiger partial charge in [0, 0.05) is 0 Å². The zero-order valence-corrected chi connectivity index (χ0v) is 6.90. The van der Waals surface area contributed by atoms with Crippen molar-refractivity contribution in [2.75, 3.05) is 13.7 Å². The van der Waals surface area contributed by atoms with E-state index in [4.69, 9.17) is 11.0 Å². The predicted molar refractivity (Wildman–Crippen MR) is 42.3 cm³/mol. The molecule has 0 aromatic heterocycles. The van der Waals surface area contributed by atoms with E-state index in [1.807, 2.05) is 0 Å². The Labute approximate surface area is 74.1 Å². The second kappa shape index (κ2) is 5.54. The van der Waals surface area contributed by atoms with Gasteiger partial charge >= 0.3 is 0 Å². The summed E-state index contributed by atoms with van der Waals surface area (Å²) in [5.74, 6) is -1.51. The third kappa shape index (κ3) is 4.36. The molecule has 0 saturated carbocycles. The van der Waals surface area contributed by atoms with Gasteiger partial charge in [-0.1, -0.05) is 5.16 Å². The number of nitrogens with zero attached hydrogens (tertiary/aromatic N) is 2. The Morgan fingerprint density at radius 3 is 2.69 bits per heavy atom. The molecule has 0 aromatic rings. The van der Waals surface area contributed by atoms with Crippen LogP contribution in [-0.2, 0) is 14.4 Å². The van der Waals surface area contributed by atoms with Crippen LogP contribution in [0.1, 0.15) is 0 Å². The van der Waals surface area contributed by atoms with Gasteiger partial charge in [-0.2, -0.15) is 5.26 Å². The molecule has 7 heteroatoms. The highest BCUT2D eigenvalue weighted by Crippen LogP contribution is 1.78. The third-order valence-electron chi connectivity index (χ3n) is 0.927. The third-order valence-corrected chi connectivity index (χ3v) is 0.927. The lowest BCUT2D eigenvalue weighted by atomic mass is 10.4. The summed E-state index contributed by atoms with van der Waals surface area (Å²) in [7, 11) is 1.19. The Bertz CT molecular complexity index is 278. The van der Waals surface area contributed by atoms with Crippen LogP contribution in [-0.4, -0.2) is 31.2 Å². The van der Waals surface area contributed by atoms with Crippen LogP contribution in [0.4, 0.5) is 0 Å². The molecule has 7 nitrogen and oxygen atoms in total. The Morgan fingerprint density at radius 2 is 2.31 bits per heavy atom. The first-order valence-corrected chi connectivity index (χ1v) is 3.19. The summed E-state index contributed by atoms with van der Waals surface area (Å²) in [6.45, 7) is -0.344. The van der Waals surface area contributed by atoms with E-state index in [2.05, 4.69) is 15.3 Å². The van der Waals surface area contributed by atoms with Gasteiger partial charge in [-0.05, 0) is 0 Å². The van der Waals surface area contributed by atoms with E-state index < -0.39 is 17.5 Å². The fourth-order valence-corrected chi connectivity index (χ4v) is 0.455. The van der Waals surface area contributed by atoms with Gasteiger partial charge in [0.1, 0.15) is 13.2 Å². The number of nitriles is 1. The molecule has 3 N–H and O–H groups in total. The highest BCUT2D eigenvalue weighted by molar-refractivity contribution is 6.45. The summed E-state index contributed by atoms with van der Waals surface area (Å²) in [5, 5.41) is 13.5. The van der Waals surface area contributed by atoms with Gasteiger partial charge in [0.2, 0.25) is 11.6 Å². The Hall–Kier alpha value is -2.10. The van der Waals surface area contributed by atoms with Crippen molar-refractivity contribution in [2.45, 2.75) is 0 Å².